The van der Waals surface area contributed by atoms with Crippen LogP contribution in [0.5, 0.6) is 0 Å². The Morgan fingerprint density at radius 3 is 2.55 bits per heavy atom. The van der Waals surface area contributed by atoms with E-state index in [2.05, 4.69) is 31.0 Å². The average Bonchev–Trinajstić information content (AvgIpc) is 2.77. The molecule has 0 aliphatic carbocycles. The zero-order valence-corrected chi connectivity index (χ0v) is 13.4. The molecule has 0 spiro atoms. The van der Waals surface area contributed by atoms with Gasteiger partial charge in [-0.3, -0.25) is 4.79 Å². The molecule has 0 aromatic carbocycles. The molecule has 2 rings (SSSR count). The van der Waals surface area contributed by atoms with Gasteiger partial charge in [0, 0.05) is 20.1 Å². The van der Waals surface area contributed by atoms with Crippen LogP contribution in [0.2, 0.25) is 0 Å². The van der Waals surface area contributed by atoms with E-state index in [0.29, 0.717) is 13.1 Å². The second-order valence-corrected chi connectivity index (χ2v) is 7.01. The molecule has 1 N–H and O–H groups in total. The molecule has 1 aliphatic rings. The number of carbonyl (C=O) groups excluding carboxylic acids is 1. The van der Waals surface area contributed by atoms with E-state index in [9.17, 15) is 13.2 Å². The monoisotopic (exact) mass is 365 g/mol. The van der Waals surface area contributed by atoms with Crippen molar-refractivity contribution in [3.8, 4) is 0 Å². The predicted molar refractivity (Wildman–Crippen MR) is 74.3 cm³/mol. The number of rotatable bonds is 4. The lowest BCUT2D eigenvalue weighted by Gasteiger charge is -2.26. The number of piperidine rings is 1. The number of nitrogens with zero attached hydrogens (tertiary/aromatic N) is 4. The second kappa shape index (κ2) is 6.19. The maximum Gasteiger partial charge on any atom is 0.261 e. The third kappa shape index (κ3) is 3.36. The molecule has 1 fully saturated rings. The zero-order valence-electron chi connectivity index (χ0n) is 11.0. The van der Waals surface area contributed by atoms with Gasteiger partial charge in [-0.15, -0.1) is 5.10 Å². The molecule has 112 valence electrons. The molecule has 1 aromatic heterocycles. The summed E-state index contributed by atoms with van der Waals surface area (Å²) < 4.78 is 27.8. The minimum absolute atomic E-state index is 0.0936. The average molecular weight is 366 g/mol. The fourth-order valence-electron chi connectivity index (χ4n) is 2.09. The highest BCUT2D eigenvalue weighted by Crippen LogP contribution is 2.17. The molecule has 0 unspecified atom stereocenters. The first kappa shape index (κ1) is 15.4. The fraction of sp³-hybridized carbons (Fsp3) is 0.700. The van der Waals surface area contributed by atoms with Crippen molar-refractivity contribution in [2.75, 3.05) is 19.6 Å². The van der Waals surface area contributed by atoms with Gasteiger partial charge in [0.2, 0.25) is 10.9 Å². The Kier molecular flexibility index (Phi) is 4.76. The van der Waals surface area contributed by atoms with Gasteiger partial charge in [-0.2, -0.15) is 0 Å². The third-order valence-corrected chi connectivity index (χ3v) is 5.40. The Balaban J connectivity index is 2.01. The van der Waals surface area contributed by atoms with Crippen LogP contribution in [0.3, 0.4) is 0 Å². The summed E-state index contributed by atoms with van der Waals surface area (Å²) in [4.78, 5) is 13.6. The van der Waals surface area contributed by atoms with Crippen LogP contribution in [0.1, 0.15) is 19.3 Å². The zero-order chi connectivity index (χ0) is 14.8. The predicted octanol–water partition coefficient (Wildman–Crippen LogP) is -0.132. The normalized spacial score (nSPS) is 16.4. The number of halogens is 1. The Morgan fingerprint density at radius 1 is 1.35 bits per heavy atom. The van der Waals surface area contributed by atoms with E-state index in [4.69, 9.17) is 0 Å². The van der Waals surface area contributed by atoms with Crippen molar-refractivity contribution in [3.05, 3.63) is 4.60 Å². The molecule has 0 saturated carbocycles. The summed E-state index contributed by atoms with van der Waals surface area (Å²) in [5.74, 6) is -0.209. The molecule has 0 atom stereocenters. The van der Waals surface area contributed by atoms with Crippen molar-refractivity contribution in [1.29, 1.82) is 0 Å². The summed E-state index contributed by atoms with van der Waals surface area (Å²) in [6.07, 6.45) is 3.05. The molecule has 20 heavy (non-hydrogen) atoms. The Morgan fingerprint density at radius 2 is 2.00 bits per heavy atom. The van der Waals surface area contributed by atoms with E-state index in [1.807, 2.05) is 0 Å². The van der Waals surface area contributed by atoms with Gasteiger partial charge < -0.3 is 4.90 Å². The molecule has 0 bridgehead atoms. The van der Waals surface area contributed by atoms with Crippen LogP contribution in [0.15, 0.2) is 9.63 Å². The Hall–Kier alpha value is -1.00. The molecule has 8 nitrogen and oxygen atoms in total. The van der Waals surface area contributed by atoms with Crippen LogP contribution in [-0.2, 0) is 21.9 Å². The van der Waals surface area contributed by atoms with E-state index < -0.39 is 10.0 Å². The summed E-state index contributed by atoms with van der Waals surface area (Å²) in [7, 11) is -2.35. The van der Waals surface area contributed by atoms with Crippen LogP contribution in [0.4, 0.5) is 0 Å². The molecule has 1 amide bonds. The molecule has 10 heteroatoms. The summed E-state index contributed by atoms with van der Waals surface area (Å²) in [6.45, 7) is 1.13. The minimum Gasteiger partial charge on any atom is -0.342 e. The maximum absolute atomic E-state index is 12.1. The first-order valence-corrected chi connectivity index (χ1v) is 8.52. The summed E-state index contributed by atoms with van der Waals surface area (Å²) >= 11 is 3.03. The van der Waals surface area contributed by atoms with Crippen molar-refractivity contribution in [3.63, 3.8) is 0 Å². The van der Waals surface area contributed by atoms with E-state index in [-0.39, 0.29) is 22.1 Å². The summed E-state index contributed by atoms with van der Waals surface area (Å²) in [5.41, 5.74) is 0. The third-order valence-electron chi connectivity index (χ3n) is 3.11. The van der Waals surface area contributed by atoms with Gasteiger partial charge in [-0.05, 0) is 35.2 Å². The van der Waals surface area contributed by atoms with E-state index in [1.54, 1.807) is 4.90 Å². The van der Waals surface area contributed by atoms with Crippen molar-refractivity contribution in [1.82, 2.24) is 24.6 Å². The van der Waals surface area contributed by atoms with Gasteiger partial charge in [-0.25, -0.2) is 17.8 Å². The van der Waals surface area contributed by atoms with Gasteiger partial charge in [-0.1, -0.05) is 5.21 Å². The van der Waals surface area contributed by atoms with Crippen molar-refractivity contribution < 1.29 is 13.2 Å². The lowest BCUT2D eigenvalue weighted by molar-refractivity contribution is -0.130. The lowest BCUT2D eigenvalue weighted by atomic mass is 10.1. The Bertz CT molecular complexity index is 575. The van der Waals surface area contributed by atoms with Gasteiger partial charge in [0.05, 0.1) is 6.54 Å². The van der Waals surface area contributed by atoms with E-state index in [1.165, 1.54) is 7.05 Å². The largest absolute Gasteiger partial charge is 0.342 e. The van der Waals surface area contributed by atoms with E-state index in [0.717, 1.165) is 23.9 Å². The first-order chi connectivity index (χ1) is 9.42. The highest BCUT2D eigenvalue weighted by molar-refractivity contribution is 9.10. The molecule has 0 radical (unpaired) electrons. The van der Waals surface area contributed by atoms with Crippen LogP contribution >= 0.6 is 15.9 Å². The Labute approximate surface area is 125 Å². The molecular weight excluding hydrogens is 350 g/mol. The van der Waals surface area contributed by atoms with Crippen molar-refractivity contribution in [2.24, 2.45) is 7.05 Å². The molecule has 1 saturated heterocycles. The van der Waals surface area contributed by atoms with Crippen LogP contribution in [-0.4, -0.2) is 53.9 Å². The number of nitrogens with one attached hydrogen (secondary N) is 1. The number of likely N-dealkylation sites (tertiary alicyclic amines) is 1. The molecule has 1 aromatic rings. The van der Waals surface area contributed by atoms with Gasteiger partial charge in [0.1, 0.15) is 0 Å². The van der Waals surface area contributed by atoms with Gasteiger partial charge in [0.25, 0.3) is 10.0 Å². The number of carbonyl (C=O) groups is 1. The summed E-state index contributed by atoms with van der Waals surface area (Å²) in [6, 6.07) is 0. The topological polar surface area (TPSA) is 97.2 Å². The summed E-state index contributed by atoms with van der Waals surface area (Å²) in [5, 5.41) is 7.13. The van der Waals surface area contributed by atoms with Crippen molar-refractivity contribution >= 4 is 31.9 Å². The van der Waals surface area contributed by atoms with Crippen molar-refractivity contribution in [2.45, 2.75) is 24.3 Å². The standard InChI is InChI=1S/C10H16BrN5O3S/c1-15-10(9(11)13-14-15)20(18,19)12-7-8(17)16-5-3-2-4-6-16/h12H,2-7H2,1H3. The smallest absolute Gasteiger partial charge is 0.261 e. The highest BCUT2D eigenvalue weighted by Gasteiger charge is 2.25. The fourth-order valence-corrected chi connectivity index (χ4v) is 4.15. The number of hydrogen-bond donors (Lipinski definition) is 1. The highest BCUT2D eigenvalue weighted by atomic mass is 79.9. The molecule has 2 heterocycles. The number of aromatic nitrogens is 3. The van der Waals surface area contributed by atoms with E-state index >= 15 is 0 Å². The lowest BCUT2D eigenvalue weighted by Crippen LogP contribution is -2.42. The maximum atomic E-state index is 12.1. The SMILES string of the molecule is Cn1nnc(Br)c1S(=O)(=O)NCC(=O)N1CCCCC1. The van der Waals surface area contributed by atoms with Crippen LogP contribution < -0.4 is 4.72 Å². The van der Waals surface area contributed by atoms with Crippen LogP contribution in [0, 0.1) is 0 Å². The molecular formula is C10H16BrN5O3S. The second-order valence-electron chi connectivity index (χ2n) is 4.58. The van der Waals surface area contributed by atoms with Gasteiger partial charge >= 0.3 is 0 Å². The molecule has 1 aliphatic heterocycles. The quantitative estimate of drug-likeness (QED) is 0.801. The number of sulfonamides is 1. The minimum atomic E-state index is -3.82. The van der Waals surface area contributed by atoms with Crippen LogP contribution in [0.25, 0.3) is 0 Å². The first-order valence-electron chi connectivity index (χ1n) is 6.24. The number of aryl methyl sites for hydroxylation is 1. The number of amides is 1. The number of hydrogen-bond acceptors (Lipinski definition) is 5. The van der Waals surface area contributed by atoms with Gasteiger partial charge in [0.15, 0.2) is 4.60 Å².